The van der Waals surface area contributed by atoms with Crippen molar-refractivity contribution in [2.45, 2.75) is 65.0 Å². The average molecular weight is 436 g/mol. The van der Waals surface area contributed by atoms with E-state index in [4.69, 9.17) is 9.47 Å². The van der Waals surface area contributed by atoms with E-state index in [1.165, 1.54) is 29.2 Å². The first-order valence-corrected chi connectivity index (χ1v) is 10.7. The van der Waals surface area contributed by atoms with Crippen molar-refractivity contribution in [3.8, 4) is 11.5 Å². The van der Waals surface area contributed by atoms with Gasteiger partial charge in [-0.3, -0.25) is 9.59 Å². The van der Waals surface area contributed by atoms with Crippen LogP contribution in [0.25, 0.3) is 0 Å². The van der Waals surface area contributed by atoms with Gasteiger partial charge in [0.1, 0.15) is 0 Å². The topological polar surface area (TPSA) is 64.6 Å². The number of benzene rings is 1. The normalized spacial score (nSPS) is 19.3. The van der Waals surface area contributed by atoms with Crippen molar-refractivity contribution in [3.05, 3.63) is 44.6 Å². The molecule has 7 heteroatoms. The summed E-state index contributed by atoms with van der Waals surface area (Å²) in [5.74, 6) is 0.0174. The van der Waals surface area contributed by atoms with E-state index < -0.39 is 11.9 Å². The first-order valence-electron chi connectivity index (χ1n) is 9.84. The minimum absolute atomic E-state index is 0. The van der Waals surface area contributed by atoms with E-state index in [1.54, 1.807) is 0 Å². The van der Waals surface area contributed by atoms with Gasteiger partial charge in [0.15, 0.2) is 11.5 Å². The van der Waals surface area contributed by atoms with Gasteiger partial charge in [-0.05, 0) is 54.2 Å². The lowest BCUT2D eigenvalue weighted by atomic mass is 9.74. The Balaban J connectivity index is 0.00000240. The molecule has 1 aromatic carbocycles. The Morgan fingerprint density at radius 1 is 1.10 bits per heavy atom. The van der Waals surface area contributed by atoms with Crippen molar-refractivity contribution in [3.63, 3.8) is 0 Å². The highest BCUT2D eigenvalue weighted by Crippen LogP contribution is 2.46. The predicted octanol–water partition coefficient (Wildman–Crippen LogP) is 4.52. The third kappa shape index (κ3) is 4.34. The van der Waals surface area contributed by atoms with E-state index in [-0.39, 0.29) is 18.3 Å². The molecule has 4 rings (SSSR count). The fourth-order valence-electron chi connectivity index (χ4n) is 4.39. The van der Waals surface area contributed by atoms with Crippen LogP contribution in [-0.4, -0.2) is 18.0 Å². The number of aryl methyl sites for hydroxylation is 2. The number of carbonyl (C=O) groups excluding carboxylic acids is 2. The Morgan fingerprint density at radius 2 is 1.79 bits per heavy atom. The molecule has 0 fully saturated rings. The lowest BCUT2D eigenvalue weighted by Gasteiger charge is -2.38. The number of thiophene rings is 1. The second kappa shape index (κ2) is 8.86. The molecule has 1 aliphatic carbocycles. The van der Waals surface area contributed by atoms with E-state index in [9.17, 15) is 9.59 Å². The molecule has 0 bridgehead atoms. The quantitative estimate of drug-likeness (QED) is 0.564. The van der Waals surface area contributed by atoms with Crippen LogP contribution in [0, 0.1) is 0 Å². The number of rotatable bonds is 4. The zero-order chi connectivity index (χ0) is 19.8. The minimum Gasteiger partial charge on any atom is -0.423 e. The first kappa shape index (κ1) is 21.8. The summed E-state index contributed by atoms with van der Waals surface area (Å²) in [6, 6.07) is 6.51. The summed E-state index contributed by atoms with van der Waals surface area (Å²) < 4.78 is 10.7. The molecule has 156 valence electrons. The number of halogens is 1. The Hall–Kier alpha value is -1.89. The molecule has 1 aromatic heterocycles. The molecule has 0 amide bonds. The van der Waals surface area contributed by atoms with Gasteiger partial charge in [0.25, 0.3) is 0 Å². The van der Waals surface area contributed by atoms with Crippen LogP contribution in [-0.2, 0) is 29.0 Å². The largest absolute Gasteiger partial charge is 0.423 e. The minimum atomic E-state index is -0.427. The average Bonchev–Trinajstić information content (AvgIpc) is 3.04. The molecule has 0 saturated heterocycles. The van der Waals surface area contributed by atoms with Gasteiger partial charge in [-0.2, -0.15) is 0 Å². The fourth-order valence-corrected chi connectivity index (χ4v) is 5.65. The molecule has 2 heterocycles. The van der Waals surface area contributed by atoms with E-state index in [0.717, 1.165) is 43.4 Å². The summed E-state index contributed by atoms with van der Waals surface area (Å²) in [6.45, 7) is 5.83. The molecule has 1 N–H and O–H groups in total. The molecule has 1 aliphatic heterocycles. The molecule has 2 atom stereocenters. The Bertz CT molecular complexity index is 939. The van der Waals surface area contributed by atoms with Gasteiger partial charge < -0.3 is 14.8 Å². The molecule has 2 aliphatic rings. The number of ether oxygens (including phenoxy) is 2. The van der Waals surface area contributed by atoms with Crippen LogP contribution in [0.3, 0.4) is 0 Å². The van der Waals surface area contributed by atoms with Crippen LogP contribution >= 0.6 is 23.7 Å². The molecule has 29 heavy (non-hydrogen) atoms. The van der Waals surface area contributed by atoms with Gasteiger partial charge in [0.2, 0.25) is 0 Å². The maximum absolute atomic E-state index is 11.6. The number of carbonyl (C=O) groups is 2. The van der Waals surface area contributed by atoms with Gasteiger partial charge >= 0.3 is 11.9 Å². The van der Waals surface area contributed by atoms with E-state index in [2.05, 4.69) is 18.3 Å². The molecule has 5 nitrogen and oxygen atoms in total. The summed E-state index contributed by atoms with van der Waals surface area (Å²) in [5.41, 5.74) is 3.72. The Morgan fingerprint density at radius 3 is 2.45 bits per heavy atom. The highest BCUT2D eigenvalue weighted by atomic mass is 35.5. The van der Waals surface area contributed by atoms with Crippen molar-refractivity contribution in [2.75, 3.05) is 0 Å². The second-order valence-corrected chi connectivity index (χ2v) is 8.75. The van der Waals surface area contributed by atoms with E-state index in [0.29, 0.717) is 17.5 Å². The third-order valence-corrected chi connectivity index (χ3v) is 6.63. The highest BCUT2D eigenvalue weighted by molar-refractivity contribution is 7.12. The summed E-state index contributed by atoms with van der Waals surface area (Å²) in [4.78, 5) is 25.9. The van der Waals surface area contributed by atoms with Crippen LogP contribution in [0.2, 0.25) is 0 Å². The number of nitrogens with one attached hydrogen (secondary N) is 1. The van der Waals surface area contributed by atoms with Gasteiger partial charge in [-0.15, -0.1) is 23.7 Å². The molecular weight excluding hydrogens is 410 g/mol. The van der Waals surface area contributed by atoms with Gasteiger partial charge in [-0.25, -0.2) is 0 Å². The zero-order valence-corrected chi connectivity index (χ0v) is 18.5. The SMILES string of the molecule is CCCc1cc2c(s1)CN[C@@H]1CCc3cc(OC(C)=O)c(OC(C)=O)cc3[C@@H]21.Cl. The van der Waals surface area contributed by atoms with Gasteiger partial charge in [0, 0.05) is 42.1 Å². The van der Waals surface area contributed by atoms with Crippen molar-refractivity contribution in [1.29, 1.82) is 0 Å². The monoisotopic (exact) mass is 435 g/mol. The number of fused-ring (bicyclic) bond motifs is 5. The predicted molar refractivity (Wildman–Crippen MR) is 115 cm³/mol. The number of hydrogen-bond donors (Lipinski definition) is 1. The zero-order valence-electron chi connectivity index (χ0n) is 16.9. The molecule has 0 saturated carbocycles. The maximum atomic E-state index is 11.6. The number of hydrogen-bond acceptors (Lipinski definition) is 6. The lowest BCUT2D eigenvalue weighted by molar-refractivity contribution is -0.134. The van der Waals surface area contributed by atoms with Crippen LogP contribution in [0.4, 0.5) is 0 Å². The van der Waals surface area contributed by atoms with E-state index in [1.807, 2.05) is 23.5 Å². The molecule has 0 radical (unpaired) electrons. The molecule has 0 spiro atoms. The van der Waals surface area contributed by atoms with Gasteiger partial charge in [0.05, 0.1) is 0 Å². The standard InChI is InChI=1S/C22H25NO4S.ClH/c1-4-5-15-9-17-21(28-15)11-23-18-7-6-14-8-19(26-12(2)24)20(27-13(3)25)10-16(14)22(17)18;/h8-10,18,22-23H,4-7,11H2,1-3H3;1H/t18-,22+;/m1./s1. The van der Waals surface area contributed by atoms with Crippen LogP contribution < -0.4 is 14.8 Å². The molecular formula is C22H26ClNO4S. The summed E-state index contributed by atoms with van der Waals surface area (Å²) in [6.07, 6.45) is 4.17. The van der Waals surface area contributed by atoms with Crippen molar-refractivity contribution < 1.29 is 19.1 Å². The molecule has 2 aromatic rings. The van der Waals surface area contributed by atoms with Gasteiger partial charge in [-0.1, -0.05) is 13.3 Å². The Kier molecular flexibility index (Phi) is 6.66. The van der Waals surface area contributed by atoms with E-state index >= 15 is 0 Å². The highest BCUT2D eigenvalue weighted by Gasteiger charge is 2.37. The lowest BCUT2D eigenvalue weighted by Crippen LogP contribution is -2.42. The first-order chi connectivity index (χ1) is 13.5. The van der Waals surface area contributed by atoms with Crippen LogP contribution in [0.15, 0.2) is 18.2 Å². The smallest absolute Gasteiger partial charge is 0.308 e. The van der Waals surface area contributed by atoms with Crippen molar-refractivity contribution >= 4 is 35.7 Å². The summed E-state index contributed by atoms with van der Waals surface area (Å²) in [7, 11) is 0. The molecule has 0 unspecified atom stereocenters. The van der Waals surface area contributed by atoms with Crippen molar-refractivity contribution in [2.24, 2.45) is 0 Å². The summed E-state index contributed by atoms with van der Waals surface area (Å²) in [5, 5.41) is 3.70. The fraction of sp³-hybridized carbons (Fsp3) is 0.455. The Labute approximate surface area is 181 Å². The number of esters is 2. The second-order valence-electron chi connectivity index (χ2n) is 7.53. The van der Waals surface area contributed by atoms with Crippen molar-refractivity contribution in [1.82, 2.24) is 5.32 Å². The van der Waals surface area contributed by atoms with Crippen LogP contribution in [0.1, 0.15) is 66.0 Å². The van der Waals surface area contributed by atoms with Crippen LogP contribution in [0.5, 0.6) is 11.5 Å². The maximum Gasteiger partial charge on any atom is 0.308 e. The summed E-state index contributed by atoms with van der Waals surface area (Å²) >= 11 is 1.90. The third-order valence-electron chi connectivity index (χ3n) is 5.42.